The van der Waals surface area contributed by atoms with E-state index in [0.717, 1.165) is 4.31 Å². The molecule has 1 saturated heterocycles. The van der Waals surface area contributed by atoms with Crippen LogP contribution < -0.4 is 0 Å². The Morgan fingerprint density at radius 2 is 1.67 bits per heavy atom. The number of β-lactam (4-membered cyclic amide) rings is 1. The van der Waals surface area contributed by atoms with Crippen molar-refractivity contribution in [2.24, 2.45) is 5.92 Å². The maximum Gasteiger partial charge on any atom is 0.339 e. The van der Waals surface area contributed by atoms with Gasteiger partial charge in [-0.15, -0.1) is 0 Å². The molecule has 0 unspecified atom stereocenters. The number of rotatable bonds is 9. The highest BCUT2D eigenvalue weighted by Gasteiger charge is 2.52. The Hall–Kier alpha value is -2.71. The van der Waals surface area contributed by atoms with E-state index in [1.165, 1.54) is 7.11 Å². The van der Waals surface area contributed by atoms with Crippen molar-refractivity contribution in [3.63, 3.8) is 0 Å². The molecular weight excluding hydrogens is 406 g/mol. The molecule has 2 aromatic rings. The Labute approximate surface area is 176 Å². The highest BCUT2D eigenvalue weighted by molar-refractivity contribution is 7.89. The smallest absolute Gasteiger partial charge is 0.339 e. The third-order valence-electron chi connectivity index (χ3n) is 5.18. The molecule has 8 heteroatoms. The van der Waals surface area contributed by atoms with E-state index in [1.807, 2.05) is 6.07 Å². The van der Waals surface area contributed by atoms with Crippen LogP contribution in [0.3, 0.4) is 0 Å². The predicted octanol–water partition coefficient (Wildman–Crippen LogP) is 2.68. The van der Waals surface area contributed by atoms with Crippen molar-refractivity contribution in [2.45, 2.75) is 31.2 Å². The van der Waals surface area contributed by atoms with Gasteiger partial charge in [0.05, 0.1) is 17.7 Å². The largest absolute Gasteiger partial charge is 0.461 e. The van der Waals surface area contributed by atoms with Gasteiger partial charge in [-0.25, -0.2) is 17.5 Å². The third kappa shape index (κ3) is 4.55. The molecule has 0 saturated carbocycles. The lowest BCUT2D eigenvalue weighted by Gasteiger charge is -2.45. The highest BCUT2D eigenvalue weighted by atomic mass is 32.2. The SMILES string of the molecule is CC[C@@H]1C(=O)N(S(=O)(=O)Cc2ccccc2)[C@@H]1COC(=O)[C@H](OC)c1ccccc1. The standard InChI is InChI=1S/C22H25NO6S/c1-3-18-19(14-29-22(25)20(28-2)17-12-8-5-9-13-17)23(21(18)24)30(26,27)15-16-10-6-4-7-11-16/h4-13,18-20H,3,14-15H2,1-2H3/t18-,19+,20+/m0/s1. The van der Waals surface area contributed by atoms with Crippen LogP contribution in [0.15, 0.2) is 60.7 Å². The number of hydrogen-bond donors (Lipinski definition) is 0. The number of sulfonamides is 1. The molecule has 1 aliphatic rings. The molecule has 0 spiro atoms. The first-order valence-electron chi connectivity index (χ1n) is 9.73. The fourth-order valence-electron chi connectivity index (χ4n) is 3.64. The van der Waals surface area contributed by atoms with E-state index < -0.39 is 40.0 Å². The molecule has 0 aromatic heterocycles. The van der Waals surface area contributed by atoms with Crippen molar-refractivity contribution >= 4 is 21.9 Å². The van der Waals surface area contributed by atoms with E-state index in [1.54, 1.807) is 61.5 Å². The van der Waals surface area contributed by atoms with Gasteiger partial charge in [-0.3, -0.25) is 4.79 Å². The molecule has 1 heterocycles. The molecule has 30 heavy (non-hydrogen) atoms. The highest BCUT2D eigenvalue weighted by Crippen LogP contribution is 2.34. The average Bonchev–Trinajstić information content (AvgIpc) is 2.72. The normalized spacial score (nSPS) is 19.8. The maximum absolute atomic E-state index is 12.9. The summed E-state index contributed by atoms with van der Waals surface area (Å²) in [4.78, 5) is 25.0. The molecule has 0 aliphatic carbocycles. The van der Waals surface area contributed by atoms with Crippen molar-refractivity contribution in [1.29, 1.82) is 0 Å². The zero-order valence-corrected chi connectivity index (χ0v) is 17.7. The number of benzene rings is 2. The van der Waals surface area contributed by atoms with Gasteiger partial charge >= 0.3 is 5.97 Å². The summed E-state index contributed by atoms with van der Waals surface area (Å²) >= 11 is 0. The average molecular weight is 432 g/mol. The summed E-state index contributed by atoms with van der Waals surface area (Å²) in [6, 6.07) is 16.8. The van der Waals surface area contributed by atoms with Crippen molar-refractivity contribution in [3.8, 4) is 0 Å². The van der Waals surface area contributed by atoms with Crippen LogP contribution in [0.5, 0.6) is 0 Å². The van der Waals surface area contributed by atoms with E-state index >= 15 is 0 Å². The van der Waals surface area contributed by atoms with E-state index in [2.05, 4.69) is 0 Å². The summed E-state index contributed by atoms with van der Waals surface area (Å²) in [5.74, 6) is -1.87. The zero-order valence-electron chi connectivity index (χ0n) is 16.9. The van der Waals surface area contributed by atoms with E-state index in [4.69, 9.17) is 9.47 Å². The lowest BCUT2D eigenvalue weighted by atomic mass is 9.88. The van der Waals surface area contributed by atoms with Crippen LogP contribution in [-0.4, -0.2) is 44.4 Å². The second-order valence-electron chi connectivity index (χ2n) is 7.11. The van der Waals surface area contributed by atoms with Gasteiger partial charge in [-0.05, 0) is 17.5 Å². The third-order valence-corrected chi connectivity index (χ3v) is 6.93. The van der Waals surface area contributed by atoms with E-state index in [0.29, 0.717) is 17.5 Å². The molecule has 0 N–H and O–H groups in total. The minimum atomic E-state index is -3.88. The minimum absolute atomic E-state index is 0.205. The fourth-order valence-corrected chi connectivity index (χ4v) is 5.42. The maximum atomic E-state index is 12.9. The Morgan fingerprint density at radius 3 is 2.23 bits per heavy atom. The van der Waals surface area contributed by atoms with Gasteiger partial charge in [0.25, 0.3) is 0 Å². The number of amides is 1. The first-order valence-corrected chi connectivity index (χ1v) is 11.3. The molecule has 3 atom stereocenters. The van der Waals surface area contributed by atoms with Crippen molar-refractivity contribution in [3.05, 3.63) is 71.8 Å². The second-order valence-corrected chi connectivity index (χ2v) is 8.96. The van der Waals surface area contributed by atoms with Gasteiger partial charge in [0.2, 0.25) is 15.9 Å². The first kappa shape index (κ1) is 22.0. The van der Waals surface area contributed by atoms with Crippen molar-refractivity contribution < 1.29 is 27.5 Å². The molecule has 0 bridgehead atoms. The number of hydrogen-bond acceptors (Lipinski definition) is 6. The summed E-state index contributed by atoms with van der Waals surface area (Å²) in [5.41, 5.74) is 1.22. The summed E-state index contributed by atoms with van der Waals surface area (Å²) in [6.45, 7) is 1.60. The van der Waals surface area contributed by atoms with Crippen LogP contribution in [0.4, 0.5) is 0 Å². The number of ether oxygens (including phenoxy) is 2. The molecule has 1 fully saturated rings. The Balaban J connectivity index is 1.71. The van der Waals surface area contributed by atoms with Gasteiger partial charge in [0.15, 0.2) is 6.10 Å². The quantitative estimate of drug-likeness (QED) is 0.448. The molecule has 2 aromatic carbocycles. The van der Waals surface area contributed by atoms with Gasteiger partial charge in [-0.2, -0.15) is 0 Å². The number of methoxy groups -OCH3 is 1. The fraction of sp³-hybridized carbons (Fsp3) is 0.364. The van der Waals surface area contributed by atoms with Crippen LogP contribution in [0.1, 0.15) is 30.6 Å². The minimum Gasteiger partial charge on any atom is -0.461 e. The Kier molecular flexibility index (Phi) is 6.89. The van der Waals surface area contributed by atoms with Crippen LogP contribution in [-0.2, 0) is 34.8 Å². The Bertz CT molecular complexity index is 977. The molecule has 3 rings (SSSR count). The zero-order chi connectivity index (χ0) is 21.7. The predicted molar refractivity (Wildman–Crippen MR) is 111 cm³/mol. The Morgan fingerprint density at radius 1 is 1.07 bits per heavy atom. The number of carbonyl (C=O) groups is 2. The topological polar surface area (TPSA) is 90.0 Å². The number of nitrogens with zero attached hydrogens (tertiary/aromatic N) is 1. The van der Waals surface area contributed by atoms with Crippen LogP contribution in [0.2, 0.25) is 0 Å². The van der Waals surface area contributed by atoms with Gasteiger partial charge < -0.3 is 9.47 Å². The summed E-state index contributed by atoms with van der Waals surface area (Å²) in [5, 5.41) is 0. The first-order chi connectivity index (χ1) is 14.4. The number of carbonyl (C=O) groups excluding carboxylic acids is 2. The molecular formula is C22H25NO6S. The van der Waals surface area contributed by atoms with Crippen LogP contribution in [0, 0.1) is 5.92 Å². The molecule has 7 nitrogen and oxygen atoms in total. The summed E-state index contributed by atoms with van der Waals surface area (Å²) in [7, 11) is -2.48. The lowest BCUT2D eigenvalue weighted by Crippen LogP contribution is -2.64. The van der Waals surface area contributed by atoms with Crippen molar-refractivity contribution in [2.75, 3.05) is 13.7 Å². The number of esters is 1. The van der Waals surface area contributed by atoms with Crippen molar-refractivity contribution in [1.82, 2.24) is 4.31 Å². The molecule has 1 aliphatic heterocycles. The molecule has 160 valence electrons. The van der Waals surface area contributed by atoms with Crippen LogP contribution in [0.25, 0.3) is 0 Å². The van der Waals surface area contributed by atoms with Gasteiger partial charge in [-0.1, -0.05) is 67.6 Å². The van der Waals surface area contributed by atoms with Gasteiger partial charge in [0.1, 0.15) is 6.61 Å². The van der Waals surface area contributed by atoms with E-state index in [9.17, 15) is 18.0 Å². The summed E-state index contributed by atoms with van der Waals surface area (Å²) < 4.78 is 37.2. The second kappa shape index (κ2) is 9.40. The lowest BCUT2D eigenvalue weighted by molar-refractivity contribution is -0.165. The summed E-state index contributed by atoms with van der Waals surface area (Å²) in [6.07, 6.45) is -0.457. The van der Waals surface area contributed by atoms with Crippen LogP contribution >= 0.6 is 0 Å². The van der Waals surface area contributed by atoms with Gasteiger partial charge in [0, 0.05) is 7.11 Å². The molecule has 1 amide bonds. The van der Waals surface area contributed by atoms with E-state index in [-0.39, 0.29) is 12.4 Å². The molecule has 0 radical (unpaired) electrons. The monoisotopic (exact) mass is 431 g/mol.